The molecule has 7 aromatic rings. The van der Waals surface area contributed by atoms with Gasteiger partial charge >= 0.3 is 103 Å². The Morgan fingerprint density at radius 3 is 0.860 bits per heavy atom. The van der Waals surface area contributed by atoms with Crippen LogP contribution in [-0.2, 0) is 23.7 Å². The van der Waals surface area contributed by atoms with Crippen LogP contribution < -0.4 is 0 Å². The van der Waals surface area contributed by atoms with Gasteiger partial charge in [0.05, 0.1) is 52.9 Å². The number of H-pyrrole nitrogens is 2. The number of fused-ring (bicyclic) bond motifs is 20. The van der Waals surface area contributed by atoms with E-state index in [1.807, 2.05) is 97.1 Å². The zero-order valence-electron chi connectivity index (χ0n) is 30.6. The second-order valence-corrected chi connectivity index (χ2v) is 12.6. The summed E-state index contributed by atoms with van der Waals surface area (Å²) < 4.78 is 25.3. The number of nitrogens with zero attached hydrogens (tertiary/aromatic N) is 6. The Morgan fingerprint density at radius 2 is 0.596 bits per heavy atom. The van der Waals surface area contributed by atoms with Crippen molar-refractivity contribution in [2.24, 2.45) is 0 Å². The van der Waals surface area contributed by atoms with Gasteiger partial charge in [-0.15, -0.1) is 0 Å². The van der Waals surface area contributed by atoms with Crippen molar-refractivity contribution in [2.75, 3.05) is 67.1 Å². The molecule has 0 saturated carbocycles. The first-order valence-electron chi connectivity index (χ1n) is 18.1. The SMILES string of the molecule is COCCOCCOCCOCCOC.[KH].[KH].c1ccc2c(c1)-c1nc-2nc2[nH]c(nc3nc(nc4[nH]c(n1)c1ccccc41)-c1ccccc1-3)c1ccccc21. The number of benzene rings is 4. The summed E-state index contributed by atoms with van der Waals surface area (Å²) in [5.41, 5.74) is 6.45. The van der Waals surface area contributed by atoms with E-state index in [0.717, 1.165) is 43.8 Å². The topological polar surface area (TPSA) is 155 Å². The van der Waals surface area contributed by atoms with Gasteiger partial charge < -0.3 is 33.7 Å². The van der Waals surface area contributed by atoms with E-state index < -0.39 is 0 Å². The van der Waals surface area contributed by atoms with E-state index in [4.69, 9.17) is 53.6 Å². The minimum atomic E-state index is 0. The van der Waals surface area contributed by atoms with Crippen LogP contribution in [0, 0.1) is 0 Å². The van der Waals surface area contributed by atoms with Crippen molar-refractivity contribution in [3.05, 3.63) is 97.1 Å². The molecule has 0 aliphatic carbocycles. The number of aromatic amines is 2. The van der Waals surface area contributed by atoms with E-state index >= 15 is 0 Å². The van der Waals surface area contributed by atoms with E-state index in [-0.39, 0.29) is 103 Å². The van der Waals surface area contributed by atoms with E-state index in [0.29, 0.717) is 98.7 Å². The molecule has 15 heteroatoms. The first-order valence-corrected chi connectivity index (χ1v) is 18.1. The summed E-state index contributed by atoms with van der Waals surface area (Å²) in [5.74, 6) is 2.39. The molecule has 0 atom stereocenters. The summed E-state index contributed by atoms with van der Waals surface area (Å²) in [6, 6.07) is 32.2. The van der Waals surface area contributed by atoms with Crippen molar-refractivity contribution >= 4 is 147 Å². The van der Waals surface area contributed by atoms with Gasteiger partial charge in [-0.1, -0.05) is 97.1 Å². The zero-order valence-corrected chi connectivity index (χ0v) is 30.6. The van der Waals surface area contributed by atoms with E-state index in [2.05, 4.69) is 9.97 Å². The van der Waals surface area contributed by atoms with Gasteiger partial charge in [0.25, 0.3) is 0 Å². The number of methoxy groups -OCH3 is 2. The van der Waals surface area contributed by atoms with Gasteiger partial charge in [-0.3, -0.25) is 0 Å². The standard InChI is InChI=1S/C32H18N8.C10H22O5.2K.2H/c1-2-10-18-17(9-1)25-33-26(18)38-28-21-13-5-6-14-22(21)30(35-28)40-32-24-16-8-7-15-23(24)31(36-32)39-29-20-12-4-3-11-19(20)27(34-29)37-25;1-11-3-5-13-7-9-15-10-8-14-6-4-12-2;;;;/h1-16H,(H2,33,34,35,36,37,38,39,40);3-10H2,1-2H3;;;;. The number of aromatic nitrogens is 8. The molecule has 0 spiro atoms. The van der Waals surface area contributed by atoms with Crippen LogP contribution in [0.4, 0.5) is 0 Å². The first-order chi connectivity index (χ1) is 27.2. The molecule has 2 aliphatic rings. The predicted molar refractivity (Wildman–Crippen MR) is 227 cm³/mol. The van der Waals surface area contributed by atoms with Crippen LogP contribution in [0.2, 0.25) is 0 Å². The molecule has 2 aliphatic heterocycles. The Kier molecular flexibility index (Phi) is 16.6. The third kappa shape index (κ3) is 10.2. The molecular formula is C42H42K2N8O5. The van der Waals surface area contributed by atoms with Crippen LogP contribution in [0.5, 0.6) is 0 Å². The van der Waals surface area contributed by atoms with Crippen LogP contribution in [0.15, 0.2) is 97.1 Å². The average molecular weight is 817 g/mol. The van der Waals surface area contributed by atoms with Crippen molar-refractivity contribution in [2.45, 2.75) is 0 Å². The molecule has 0 amide bonds. The number of hydrogen-bond acceptors (Lipinski definition) is 11. The van der Waals surface area contributed by atoms with Crippen LogP contribution in [0.1, 0.15) is 0 Å². The summed E-state index contributed by atoms with van der Waals surface area (Å²) in [5, 5.41) is 3.82. The number of nitrogens with one attached hydrogen (secondary N) is 2. The Hall–Kier alpha value is -2.69. The van der Waals surface area contributed by atoms with Gasteiger partial charge in [0.15, 0.2) is 23.3 Å². The third-order valence-corrected chi connectivity index (χ3v) is 9.07. The molecule has 2 N–H and O–H groups in total. The molecule has 282 valence electrons. The molecule has 3 aromatic heterocycles. The van der Waals surface area contributed by atoms with Gasteiger partial charge in [-0.2, -0.15) is 0 Å². The minimum absolute atomic E-state index is 0. The molecular weight excluding hydrogens is 775 g/mol. The van der Waals surface area contributed by atoms with Crippen molar-refractivity contribution in [3.63, 3.8) is 0 Å². The maximum Gasteiger partial charge on any atom is 0.164 e. The van der Waals surface area contributed by atoms with Gasteiger partial charge in [-0.05, 0) is 0 Å². The molecule has 4 aromatic carbocycles. The first kappa shape index (κ1) is 43.9. The van der Waals surface area contributed by atoms with Crippen LogP contribution in [0.25, 0.3) is 89.7 Å². The number of rotatable bonds is 12. The summed E-state index contributed by atoms with van der Waals surface area (Å²) in [7, 11) is 3.30. The summed E-state index contributed by atoms with van der Waals surface area (Å²) in [4.78, 5) is 36.8. The van der Waals surface area contributed by atoms with Crippen molar-refractivity contribution < 1.29 is 23.7 Å². The molecule has 0 unspecified atom stereocenters. The smallest absolute Gasteiger partial charge is 0.164 e. The molecule has 0 saturated heterocycles. The summed E-state index contributed by atoms with van der Waals surface area (Å²) in [6.45, 7) is 4.87. The number of ether oxygens (including phenoxy) is 5. The maximum atomic E-state index is 5.26. The molecule has 57 heavy (non-hydrogen) atoms. The fraction of sp³-hybridized carbons (Fsp3) is 0.238. The Bertz CT molecular complexity index is 2290. The molecule has 13 nitrogen and oxygen atoms in total. The quantitative estimate of drug-likeness (QED) is 0.112. The van der Waals surface area contributed by atoms with Crippen molar-refractivity contribution in [3.8, 4) is 45.6 Å². The fourth-order valence-corrected chi connectivity index (χ4v) is 6.42. The monoisotopic (exact) mass is 816 g/mol. The molecule has 9 rings (SSSR count). The summed E-state index contributed by atoms with van der Waals surface area (Å²) in [6.07, 6.45) is 0. The Morgan fingerprint density at radius 1 is 0.351 bits per heavy atom. The predicted octanol–water partition coefficient (Wildman–Crippen LogP) is 5.90. The third-order valence-electron chi connectivity index (χ3n) is 9.07. The van der Waals surface area contributed by atoms with Crippen LogP contribution in [0.3, 0.4) is 0 Å². The average Bonchev–Trinajstić information content (AvgIpc) is 3.96. The van der Waals surface area contributed by atoms with Gasteiger partial charge in [0.1, 0.15) is 22.6 Å². The maximum absolute atomic E-state index is 5.26. The van der Waals surface area contributed by atoms with Gasteiger partial charge in [0, 0.05) is 58.0 Å². The molecule has 0 radical (unpaired) electrons. The number of hydrogen-bond donors (Lipinski definition) is 2. The van der Waals surface area contributed by atoms with E-state index in [1.165, 1.54) is 0 Å². The Labute approximate surface area is 414 Å². The van der Waals surface area contributed by atoms with Gasteiger partial charge in [-0.25, -0.2) is 29.9 Å². The normalized spacial score (nSPS) is 11.3. The molecule has 8 bridgehead atoms. The largest absolute Gasteiger partial charge is 0.324 e. The minimum Gasteiger partial charge on any atom is -0.324 e. The van der Waals surface area contributed by atoms with Crippen LogP contribution >= 0.6 is 0 Å². The van der Waals surface area contributed by atoms with Crippen LogP contribution in [-0.4, -0.2) is 210 Å². The molecule has 0 fully saturated rings. The zero-order chi connectivity index (χ0) is 37.4. The fourth-order valence-electron chi connectivity index (χ4n) is 6.42. The van der Waals surface area contributed by atoms with E-state index in [9.17, 15) is 0 Å². The second kappa shape index (κ2) is 21.5. The molecule has 5 heterocycles. The Balaban J connectivity index is 0.000000280. The second-order valence-electron chi connectivity index (χ2n) is 12.6. The van der Waals surface area contributed by atoms with Crippen molar-refractivity contribution in [1.29, 1.82) is 0 Å². The van der Waals surface area contributed by atoms with E-state index in [1.54, 1.807) is 14.2 Å². The van der Waals surface area contributed by atoms with Gasteiger partial charge in [0.2, 0.25) is 0 Å². The summed E-state index contributed by atoms with van der Waals surface area (Å²) >= 11 is 0. The van der Waals surface area contributed by atoms with Crippen molar-refractivity contribution in [1.82, 2.24) is 39.9 Å².